The number of nitrogens with one attached hydrogen (secondary N) is 1. The molecule has 79 heavy (non-hydrogen) atoms. The van der Waals surface area contributed by atoms with Crippen LogP contribution in [0.4, 0.5) is 0 Å². The molecule has 2 saturated heterocycles. The minimum atomic E-state index is -1.80. The van der Waals surface area contributed by atoms with E-state index in [2.05, 4.69) is 79.9 Å². The van der Waals surface area contributed by atoms with Crippen LogP contribution in [-0.2, 0) is 23.7 Å². The van der Waals surface area contributed by atoms with Gasteiger partial charge in [-0.3, -0.25) is 4.79 Å². The van der Waals surface area contributed by atoms with Crippen LogP contribution >= 0.6 is 0 Å². The molecule has 9 N–H and O–H groups in total. The first-order valence-electron chi connectivity index (χ1n) is 31.7. The molecule has 14 heteroatoms. The Balaban J connectivity index is 1.78. The number of carbonyl (C=O) groups is 1. The predicted octanol–water partition coefficient (Wildman–Crippen LogP) is 11.5. The molecule has 14 nitrogen and oxygen atoms in total. The van der Waals surface area contributed by atoms with Crippen molar-refractivity contribution in [1.29, 1.82) is 0 Å². The average Bonchev–Trinajstić information content (AvgIpc) is 3.47. The van der Waals surface area contributed by atoms with Crippen LogP contribution in [0.15, 0.2) is 72.9 Å². The van der Waals surface area contributed by atoms with Crippen molar-refractivity contribution in [3.05, 3.63) is 72.9 Å². The Morgan fingerprint density at radius 1 is 0.456 bits per heavy atom. The molecule has 0 bridgehead atoms. The van der Waals surface area contributed by atoms with Gasteiger partial charge in [0.1, 0.15) is 48.8 Å². The second-order valence-corrected chi connectivity index (χ2v) is 22.2. The summed E-state index contributed by atoms with van der Waals surface area (Å²) in [5, 5.41) is 87.2. The van der Waals surface area contributed by atoms with Gasteiger partial charge in [-0.2, -0.15) is 0 Å². The first-order valence-corrected chi connectivity index (χ1v) is 31.7. The maximum absolute atomic E-state index is 13.3. The zero-order valence-electron chi connectivity index (χ0n) is 49.3. The van der Waals surface area contributed by atoms with Gasteiger partial charge >= 0.3 is 0 Å². The maximum Gasteiger partial charge on any atom is 0.220 e. The number of aliphatic hydroxyl groups excluding tert-OH is 8. The minimum Gasteiger partial charge on any atom is -0.394 e. The minimum absolute atomic E-state index is 0.258. The quantitative estimate of drug-likeness (QED) is 0.0204. The van der Waals surface area contributed by atoms with Crippen molar-refractivity contribution in [2.24, 2.45) is 0 Å². The van der Waals surface area contributed by atoms with Crippen LogP contribution in [0.3, 0.4) is 0 Å². The summed E-state index contributed by atoms with van der Waals surface area (Å²) in [6.07, 6.45) is 49.4. The SMILES string of the molecule is CCCCCCC/C=C\C/C=C\C/C=C\CCCCCCCCCCC(=O)NC(COC1OC(CO)C(OC2OC(CO)C(O)C(O)C2O)C(O)C1O)C(O)/C=C/CC/C=C/CC/C=C/CCCCCCCCCCCCCC. The molecule has 2 aliphatic rings. The van der Waals surface area contributed by atoms with Gasteiger partial charge in [-0.1, -0.05) is 222 Å². The molecule has 458 valence electrons. The molecule has 0 aromatic heterocycles. The summed E-state index contributed by atoms with van der Waals surface area (Å²) in [6.45, 7) is 2.76. The number of hydrogen-bond donors (Lipinski definition) is 9. The van der Waals surface area contributed by atoms with E-state index in [9.17, 15) is 45.6 Å². The topological polar surface area (TPSA) is 228 Å². The highest BCUT2D eigenvalue weighted by Gasteiger charge is 2.51. The van der Waals surface area contributed by atoms with Gasteiger partial charge in [0.25, 0.3) is 0 Å². The van der Waals surface area contributed by atoms with Gasteiger partial charge < -0.3 is 65.1 Å². The molecule has 0 radical (unpaired) electrons. The Kier molecular flexibility index (Phi) is 45.9. The first kappa shape index (κ1) is 72.5. The van der Waals surface area contributed by atoms with Gasteiger partial charge in [0.05, 0.1) is 32.0 Å². The molecule has 12 unspecified atom stereocenters. The maximum atomic E-state index is 13.3. The Hall–Kier alpha value is -2.57. The van der Waals surface area contributed by atoms with E-state index in [4.69, 9.17) is 18.9 Å². The van der Waals surface area contributed by atoms with Gasteiger partial charge in [-0.05, 0) is 83.5 Å². The van der Waals surface area contributed by atoms with Crippen LogP contribution in [-0.4, -0.2) is 140 Å². The normalized spacial score (nSPS) is 24.9. The fourth-order valence-corrected chi connectivity index (χ4v) is 9.98. The number of carbonyl (C=O) groups excluding carboxylic acids is 1. The van der Waals surface area contributed by atoms with E-state index in [1.54, 1.807) is 6.08 Å². The van der Waals surface area contributed by atoms with Crippen molar-refractivity contribution < 1.29 is 64.6 Å². The van der Waals surface area contributed by atoms with Crippen molar-refractivity contribution in [2.45, 2.75) is 312 Å². The third kappa shape index (κ3) is 35.2. The Morgan fingerprint density at radius 3 is 1.33 bits per heavy atom. The van der Waals surface area contributed by atoms with E-state index in [0.29, 0.717) is 12.8 Å². The molecule has 0 aromatic carbocycles. The largest absolute Gasteiger partial charge is 0.394 e. The number of allylic oxidation sites excluding steroid dienone is 11. The van der Waals surface area contributed by atoms with Gasteiger partial charge in [0.15, 0.2) is 12.6 Å². The molecule has 12 atom stereocenters. The zero-order valence-corrected chi connectivity index (χ0v) is 49.3. The number of rotatable bonds is 50. The summed E-state index contributed by atoms with van der Waals surface area (Å²) in [5.74, 6) is -0.262. The summed E-state index contributed by atoms with van der Waals surface area (Å²) in [5.41, 5.74) is 0. The van der Waals surface area contributed by atoms with E-state index in [1.165, 1.54) is 135 Å². The number of hydrogen-bond acceptors (Lipinski definition) is 13. The molecule has 2 aliphatic heterocycles. The lowest BCUT2D eigenvalue weighted by atomic mass is 9.97. The molecule has 2 heterocycles. The number of amides is 1. The second-order valence-electron chi connectivity index (χ2n) is 22.2. The molecule has 2 rings (SSSR count). The molecular formula is C65H115NO13. The van der Waals surface area contributed by atoms with E-state index in [-0.39, 0.29) is 18.9 Å². The van der Waals surface area contributed by atoms with Gasteiger partial charge in [0.2, 0.25) is 5.91 Å². The summed E-state index contributed by atoms with van der Waals surface area (Å²) < 4.78 is 22.8. The molecule has 1 amide bonds. The third-order valence-electron chi connectivity index (χ3n) is 15.1. The lowest BCUT2D eigenvalue weighted by Gasteiger charge is -2.46. The van der Waals surface area contributed by atoms with Crippen molar-refractivity contribution >= 4 is 5.91 Å². The van der Waals surface area contributed by atoms with Crippen molar-refractivity contribution in [3.63, 3.8) is 0 Å². The van der Waals surface area contributed by atoms with Crippen molar-refractivity contribution in [2.75, 3.05) is 19.8 Å². The van der Waals surface area contributed by atoms with Crippen LogP contribution in [0.1, 0.15) is 239 Å². The summed E-state index contributed by atoms with van der Waals surface area (Å²) in [7, 11) is 0. The summed E-state index contributed by atoms with van der Waals surface area (Å²) in [6, 6.07) is -0.946. The third-order valence-corrected chi connectivity index (χ3v) is 15.1. The molecule has 0 spiro atoms. The van der Waals surface area contributed by atoms with E-state index in [0.717, 1.165) is 70.6 Å². The molecule has 0 saturated carbocycles. The second kappa shape index (κ2) is 50.0. The Bertz CT molecular complexity index is 1600. The number of unbranched alkanes of at least 4 members (excludes halogenated alkanes) is 27. The van der Waals surface area contributed by atoms with Crippen molar-refractivity contribution in [3.8, 4) is 0 Å². The standard InChI is InChI=1S/C65H115NO13/c1-3-5-7-9-11-13-15-17-19-21-23-25-27-29-31-33-35-37-39-41-43-45-47-49-57(70)66-53(52-76-64-62(75)60(73)63(56(51-68)78-64)79-65-61(74)59(72)58(71)55(50-67)77-65)54(69)48-46-44-42-40-38-36-34-32-30-28-26-24-22-20-18-16-14-12-10-8-6-4-2/h15,17,21,23,27,29-30,32,38,40,46,48,53-56,58-65,67-69,71-75H,3-14,16,18-20,22,24-26,28,31,33-37,39,41-45,47,49-52H2,1-2H3,(H,66,70)/b17-15-,23-21-,29-27-,32-30+,40-38+,48-46+. The molecular weight excluding hydrogens is 1000 g/mol. The zero-order chi connectivity index (χ0) is 57.4. The van der Waals surface area contributed by atoms with Crippen LogP contribution in [0.2, 0.25) is 0 Å². The Labute approximate surface area is 478 Å². The molecule has 0 aliphatic carbocycles. The lowest BCUT2D eigenvalue weighted by molar-refractivity contribution is -0.359. The fraction of sp³-hybridized carbons (Fsp3) is 0.800. The van der Waals surface area contributed by atoms with E-state index in [1.807, 2.05) is 6.08 Å². The van der Waals surface area contributed by atoms with Crippen LogP contribution in [0, 0.1) is 0 Å². The first-order chi connectivity index (χ1) is 38.6. The highest BCUT2D eigenvalue weighted by Crippen LogP contribution is 2.30. The van der Waals surface area contributed by atoms with Crippen LogP contribution < -0.4 is 5.32 Å². The van der Waals surface area contributed by atoms with E-state index >= 15 is 0 Å². The van der Waals surface area contributed by atoms with E-state index < -0.39 is 86.8 Å². The highest BCUT2D eigenvalue weighted by molar-refractivity contribution is 5.76. The number of ether oxygens (including phenoxy) is 4. The highest BCUT2D eigenvalue weighted by atomic mass is 16.7. The fourth-order valence-electron chi connectivity index (χ4n) is 9.98. The lowest BCUT2D eigenvalue weighted by Crippen LogP contribution is -2.65. The van der Waals surface area contributed by atoms with Crippen LogP contribution in [0.25, 0.3) is 0 Å². The predicted molar refractivity (Wildman–Crippen MR) is 318 cm³/mol. The van der Waals surface area contributed by atoms with Crippen molar-refractivity contribution in [1.82, 2.24) is 5.32 Å². The molecule has 2 fully saturated rings. The smallest absolute Gasteiger partial charge is 0.220 e. The Morgan fingerprint density at radius 2 is 0.848 bits per heavy atom. The van der Waals surface area contributed by atoms with Gasteiger partial charge in [-0.15, -0.1) is 0 Å². The summed E-state index contributed by atoms with van der Waals surface area (Å²) >= 11 is 0. The van der Waals surface area contributed by atoms with Gasteiger partial charge in [-0.25, -0.2) is 0 Å². The average molecular weight is 1120 g/mol. The monoisotopic (exact) mass is 1120 g/mol. The van der Waals surface area contributed by atoms with Gasteiger partial charge in [0, 0.05) is 6.42 Å². The number of aliphatic hydroxyl groups is 8. The summed E-state index contributed by atoms with van der Waals surface area (Å²) in [4.78, 5) is 13.3. The van der Waals surface area contributed by atoms with Crippen LogP contribution in [0.5, 0.6) is 0 Å². The molecule has 0 aromatic rings.